The molecule has 2 aromatic carbocycles. The van der Waals surface area contributed by atoms with Crippen molar-refractivity contribution >= 4 is 23.6 Å². The lowest BCUT2D eigenvalue weighted by atomic mass is 10.1. The maximum absolute atomic E-state index is 12.2. The van der Waals surface area contributed by atoms with Crippen molar-refractivity contribution in [1.29, 1.82) is 0 Å². The molecule has 0 radical (unpaired) electrons. The molecule has 0 aromatic heterocycles. The molecule has 136 valence electrons. The summed E-state index contributed by atoms with van der Waals surface area (Å²) in [6.45, 7) is -0.401. The van der Waals surface area contributed by atoms with Gasteiger partial charge < -0.3 is 9.47 Å². The molecule has 2 amide bonds. The summed E-state index contributed by atoms with van der Waals surface area (Å²) in [4.78, 5) is 49.5. The van der Waals surface area contributed by atoms with Crippen molar-refractivity contribution in [2.75, 3.05) is 19.8 Å². The molecule has 0 saturated heterocycles. The SMILES string of the molecule is O=C(CN1C(=O)c2ccccc2C1=O)OCC(=O)c1ccc2c(c1)CCO2. The Bertz CT molecular complexity index is 945. The van der Waals surface area contributed by atoms with Crippen LogP contribution in [0, 0.1) is 0 Å². The molecule has 27 heavy (non-hydrogen) atoms. The molecule has 0 fully saturated rings. The largest absolute Gasteiger partial charge is 0.493 e. The van der Waals surface area contributed by atoms with Gasteiger partial charge in [-0.15, -0.1) is 0 Å². The standard InChI is InChI=1S/C20H15NO6/c22-16(12-5-6-17-13(9-12)7-8-26-17)11-27-18(23)10-21-19(24)14-3-1-2-4-15(14)20(21)25/h1-6,9H,7-8,10-11H2. The fraction of sp³-hybridized carbons (Fsp3) is 0.200. The van der Waals surface area contributed by atoms with Crippen LogP contribution in [0.2, 0.25) is 0 Å². The van der Waals surface area contributed by atoms with Crippen LogP contribution in [0.3, 0.4) is 0 Å². The lowest BCUT2D eigenvalue weighted by Crippen LogP contribution is -2.36. The Morgan fingerprint density at radius 3 is 2.44 bits per heavy atom. The molecule has 0 saturated carbocycles. The van der Waals surface area contributed by atoms with E-state index in [0.717, 1.165) is 22.6 Å². The van der Waals surface area contributed by atoms with Crippen LogP contribution in [0.4, 0.5) is 0 Å². The number of ketones is 1. The van der Waals surface area contributed by atoms with E-state index in [2.05, 4.69) is 0 Å². The quantitative estimate of drug-likeness (QED) is 0.455. The summed E-state index contributed by atoms with van der Waals surface area (Å²) >= 11 is 0. The van der Waals surface area contributed by atoms with E-state index in [1.165, 1.54) is 12.1 Å². The molecule has 0 unspecified atom stereocenters. The molecule has 4 rings (SSSR count). The number of carbonyl (C=O) groups excluding carboxylic acids is 4. The molecule has 2 aromatic rings. The van der Waals surface area contributed by atoms with Gasteiger partial charge in [-0.3, -0.25) is 24.1 Å². The Morgan fingerprint density at radius 1 is 1.04 bits per heavy atom. The normalized spacial score (nSPS) is 14.6. The minimum atomic E-state index is -0.817. The number of carbonyl (C=O) groups is 4. The van der Waals surface area contributed by atoms with Gasteiger partial charge in [0.2, 0.25) is 0 Å². The molecule has 7 nitrogen and oxygen atoms in total. The first-order chi connectivity index (χ1) is 13.0. The Kier molecular flexibility index (Phi) is 4.19. The van der Waals surface area contributed by atoms with Crippen molar-refractivity contribution in [2.45, 2.75) is 6.42 Å². The number of hydrogen-bond acceptors (Lipinski definition) is 6. The Balaban J connectivity index is 1.36. The minimum absolute atomic E-state index is 0.256. The van der Waals surface area contributed by atoms with E-state index < -0.39 is 30.9 Å². The van der Waals surface area contributed by atoms with Crippen molar-refractivity contribution in [2.24, 2.45) is 0 Å². The average Bonchev–Trinajstić information content (AvgIpc) is 3.25. The number of imide groups is 1. The first-order valence-electron chi connectivity index (χ1n) is 8.44. The average molecular weight is 365 g/mol. The second-order valence-corrected chi connectivity index (χ2v) is 6.25. The highest BCUT2D eigenvalue weighted by molar-refractivity contribution is 6.22. The van der Waals surface area contributed by atoms with Crippen LogP contribution in [-0.2, 0) is 16.0 Å². The predicted octanol–water partition coefficient (Wildman–Crippen LogP) is 1.64. The van der Waals surface area contributed by atoms with Crippen LogP contribution < -0.4 is 4.74 Å². The number of hydrogen-bond donors (Lipinski definition) is 0. The zero-order chi connectivity index (χ0) is 19.0. The van der Waals surface area contributed by atoms with Crippen LogP contribution >= 0.6 is 0 Å². The third-order valence-corrected chi connectivity index (χ3v) is 4.54. The van der Waals surface area contributed by atoms with Crippen molar-refractivity contribution in [3.8, 4) is 5.75 Å². The van der Waals surface area contributed by atoms with Gasteiger partial charge in [0, 0.05) is 12.0 Å². The smallest absolute Gasteiger partial charge is 0.326 e. The Hall–Kier alpha value is -3.48. The summed E-state index contributed by atoms with van der Waals surface area (Å²) in [5.41, 5.74) is 1.88. The highest BCUT2D eigenvalue weighted by atomic mass is 16.5. The molecule has 0 N–H and O–H groups in total. The number of esters is 1. The van der Waals surface area contributed by atoms with E-state index in [1.807, 2.05) is 0 Å². The second kappa shape index (κ2) is 6.68. The monoisotopic (exact) mass is 365 g/mol. The summed E-state index contributed by atoms with van der Waals surface area (Å²) in [7, 11) is 0. The summed E-state index contributed by atoms with van der Waals surface area (Å²) < 4.78 is 10.4. The van der Waals surface area contributed by atoms with E-state index in [1.54, 1.807) is 30.3 Å². The molecule has 0 spiro atoms. The number of Topliss-reactive ketones (excluding diaryl/α,β-unsaturated/α-hetero) is 1. The number of amides is 2. The van der Waals surface area contributed by atoms with Gasteiger partial charge >= 0.3 is 5.97 Å². The molecule has 2 heterocycles. The van der Waals surface area contributed by atoms with Crippen molar-refractivity contribution in [3.05, 3.63) is 64.7 Å². The Morgan fingerprint density at radius 2 is 1.74 bits per heavy atom. The lowest BCUT2D eigenvalue weighted by molar-refractivity contribution is -0.142. The van der Waals surface area contributed by atoms with Gasteiger partial charge in [-0.2, -0.15) is 0 Å². The highest BCUT2D eigenvalue weighted by Gasteiger charge is 2.36. The van der Waals surface area contributed by atoms with Crippen LogP contribution in [0.1, 0.15) is 36.6 Å². The van der Waals surface area contributed by atoms with Crippen molar-refractivity contribution in [1.82, 2.24) is 4.90 Å². The second-order valence-electron chi connectivity index (χ2n) is 6.25. The third-order valence-electron chi connectivity index (χ3n) is 4.54. The summed E-state index contributed by atoms with van der Waals surface area (Å²) in [5, 5.41) is 0. The topological polar surface area (TPSA) is 90.0 Å². The van der Waals surface area contributed by atoms with Gasteiger partial charge in [-0.1, -0.05) is 12.1 Å². The molecule has 2 aliphatic heterocycles. The minimum Gasteiger partial charge on any atom is -0.493 e. The number of nitrogens with zero attached hydrogens (tertiary/aromatic N) is 1. The van der Waals surface area contributed by atoms with Gasteiger partial charge in [0.05, 0.1) is 17.7 Å². The zero-order valence-corrected chi connectivity index (χ0v) is 14.3. The molecular formula is C20H15NO6. The molecule has 0 aliphatic carbocycles. The van der Waals surface area contributed by atoms with Gasteiger partial charge in [0.25, 0.3) is 11.8 Å². The first kappa shape index (κ1) is 17.0. The van der Waals surface area contributed by atoms with E-state index in [-0.39, 0.29) is 16.9 Å². The van der Waals surface area contributed by atoms with Crippen LogP contribution in [0.25, 0.3) is 0 Å². The molecule has 2 aliphatic rings. The lowest BCUT2D eigenvalue weighted by Gasteiger charge is -2.12. The number of ether oxygens (including phenoxy) is 2. The van der Waals surface area contributed by atoms with Crippen molar-refractivity contribution < 1.29 is 28.7 Å². The fourth-order valence-electron chi connectivity index (χ4n) is 3.15. The molecule has 0 atom stereocenters. The summed E-state index contributed by atoms with van der Waals surface area (Å²) in [5.74, 6) is -1.51. The van der Waals surface area contributed by atoms with Gasteiger partial charge in [-0.25, -0.2) is 0 Å². The molecule has 7 heteroatoms. The maximum Gasteiger partial charge on any atom is 0.326 e. The highest BCUT2D eigenvalue weighted by Crippen LogP contribution is 2.26. The third kappa shape index (κ3) is 3.08. The number of rotatable bonds is 5. The van der Waals surface area contributed by atoms with Gasteiger partial charge in [0.1, 0.15) is 12.3 Å². The van der Waals surface area contributed by atoms with E-state index in [0.29, 0.717) is 12.2 Å². The fourth-order valence-corrected chi connectivity index (χ4v) is 3.15. The summed E-state index contributed by atoms with van der Waals surface area (Å²) in [6, 6.07) is 11.4. The number of benzene rings is 2. The van der Waals surface area contributed by atoms with Gasteiger partial charge in [-0.05, 0) is 35.9 Å². The predicted molar refractivity (Wildman–Crippen MR) is 92.7 cm³/mol. The zero-order valence-electron chi connectivity index (χ0n) is 14.3. The summed E-state index contributed by atoms with van der Waals surface area (Å²) in [6.07, 6.45) is 0.732. The van der Waals surface area contributed by atoms with E-state index in [9.17, 15) is 19.2 Å². The maximum atomic E-state index is 12.2. The van der Waals surface area contributed by atoms with E-state index >= 15 is 0 Å². The van der Waals surface area contributed by atoms with Crippen molar-refractivity contribution in [3.63, 3.8) is 0 Å². The van der Waals surface area contributed by atoms with Gasteiger partial charge in [0.15, 0.2) is 12.4 Å². The first-order valence-corrected chi connectivity index (χ1v) is 8.44. The van der Waals surface area contributed by atoms with Crippen LogP contribution in [-0.4, -0.2) is 48.2 Å². The Labute approximate surface area is 154 Å². The molecule has 0 bridgehead atoms. The molecular weight excluding hydrogens is 350 g/mol. The van der Waals surface area contributed by atoms with Crippen LogP contribution in [0.5, 0.6) is 5.75 Å². The van der Waals surface area contributed by atoms with Crippen LogP contribution in [0.15, 0.2) is 42.5 Å². The number of fused-ring (bicyclic) bond motifs is 2. The van der Waals surface area contributed by atoms with E-state index in [4.69, 9.17) is 9.47 Å².